The summed E-state index contributed by atoms with van der Waals surface area (Å²) < 4.78 is 118. The number of halogens is 8. The normalized spacial score (nSPS) is 11.7. The molecule has 0 amide bonds. The highest BCUT2D eigenvalue weighted by Gasteiger charge is 2.42. The molecule has 0 aliphatic carbocycles. The zero-order chi connectivity index (χ0) is 25.2. The molecule has 0 unspecified atom stereocenters. The molecule has 182 valence electrons. The van der Waals surface area contributed by atoms with Gasteiger partial charge in [0.2, 0.25) is 0 Å². The van der Waals surface area contributed by atoms with E-state index in [1.165, 1.54) is 12.1 Å². The minimum Gasteiger partial charge on any atom is -0.428 e. The third-order valence-electron chi connectivity index (χ3n) is 5.34. The van der Waals surface area contributed by atoms with E-state index in [0.29, 0.717) is 24.1 Å². The number of hydrogen-bond acceptors (Lipinski definition) is 1. The summed E-state index contributed by atoms with van der Waals surface area (Å²) in [4.78, 5) is 0. The third-order valence-corrected chi connectivity index (χ3v) is 5.34. The summed E-state index contributed by atoms with van der Waals surface area (Å²) in [6.07, 6.45) is -1.35. The molecular formula is C25H20F8O. The van der Waals surface area contributed by atoms with Crippen molar-refractivity contribution in [3.8, 4) is 16.9 Å². The molecule has 0 N–H and O–H groups in total. The minimum atomic E-state index is -4.73. The maximum atomic E-state index is 14.6. The first-order valence-electron chi connectivity index (χ1n) is 10.5. The van der Waals surface area contributed by atoms with E-state index in [1.807, 2.05) is 6.92 Å². The van der Waals surface area contributed by atoms with Crippen LogP contribution in [0, 0.1) is 41.8 Å². The lowest BCUT2D eigenvalue weighted by Gasteiger charge is -2.21. The van der Waals surface area contributed by atoms with Gasteiger partial charge in [-0.3, -0.25) is 0 Å². The number of aryl methyl sites for hydroxylation is 1. The Balaban J connectivity index is 1.94. The number of alkyl halides is 2. The van der Waals surface area contributed by atoms with Crippen LogP contribution >= 0.6 is 0 Å². The van der Waals surface area contributed by atoms with E-state index in [-0.39, 0.29) is 17.2 Å². The highest BCUT2D eigenvalue weighted by Crippen LogP contribution is 2.39. The van der Waals surface area contributed by atoms with Crippen molar-refractivity contribution in [2.45, 2.75) is 45.6 Å². The average Bonchev–Trinajstić information content (AvgIpc) is 2.75. The molecule has 3 aromatic rings. The van der Waals surface area contributed by atoms with Gasteiger partial charge >= 0.3 is 6.11 Å². The van der Waals surface area contributed by atoms with E-state index < -0.39 is 57.9 Å². The smallest absolute Gasteiger partial charge is 0.428 e. The first kappa shape index (κ1) is 25.5. The van der Waals surface area contributed by atoms with Gasteiger partial charge in [-0.1, -0.05) is 31.9 Å². The Hall–Kier alpha value is -3.10. The fourth-order valence-corrected chi connectivity index (χ4v) is 3.49. The summed E-state index contributed by atoms with van der Waals surface area (Å²) in [5, 5.41) is 0. The average molecular weight is 488 g/mol. The van der Waals surface area contributed by atoms with Gasteiger partial charge in [0, 0.05) is 17.2 Å². The zero-order valence-electron chi connectivity index (χ0n) is 18.2. The molecule has 0 bridgehead atoms. The van der Waals surface area contributed by atoms with Crippen LogP contribution in [-0.4, -0.2) is 0 Å². The van der Waals surface area contributed by atoms with Crippen LogP contribution in [0.1, 0.15) is 42.9 Å². The fourth-order valence-electron chi connectivity index (χ4n) is 3.49. The summed E-state index contributed by atoms with van der Waals surface area (Å²) in [6.45, 7) is 2.84. The molecule has 0 aliphatic heterocycles. The van der Waals surface area contributed by atoms with Crippen LogP contribution in [0.5, 0.6) is 5.75 Å². The van der Waals surface area contributed by atoms with Crippen molar-refractivity contribution in [2.75, 3.05) is 0 Å². The second-order valence-corrected chi connectivity index (χ2v) is 7.81. The van der Waals surface area contributed by atoms with Crippen LogP contribution in [0.4, 0.5) is 35.1 Å². The highest BCUT2D eigenvalue weighted by molar-refractivity contribution is 5.65. The van der Waals surface area contributed by atoms with E-state index in [2.05, 4.69) is 4.74 Å². The van der Waals surface area contributed by atoms with Crippen LogP contribution in [0.3, 0.4) is 0 Å². The molecule has 1 nitrogen and oxygen atoms in total. The standard InChI is InChI=1S/C25H20F8O/c1-3-4-5-6-14-7-8-16(17(26)9-14)15-10-18(27)22(19(28)11-15)25(32,33)34-21-12-20(29)24(31)23(30)13(21)2/h7-12H,3-6H2,1-2H3. The third kappa shape index (κ3) is 5.18. The van der Waals surface area contributed by atoms with Crippen molar-refractivity contribution < 1.29 is 39.9 Å². The van der Waals surface area contributed by atoms with Gasteiger partial charge in [0.05, 0.1) is 0 Å². The molecule has 0 saturated heterocycles. The van der Waals surface area contributed by atoms with Gasteiger partial charge in [0.1, 0.15) is 28.8 Å². The molecule has 34 heavy (non-hydrogen) atoms. The summed E-state index contributed by atoms with van der Waals surface area (Å²) in [5.74, 6) is -11.0. The van der Waals surface area contributed by atoms with Crippen molar-refractivity contribution in [3.05, 3.63) is 88.0 Å². The van der Waals surface area contributed by atoms with Crippen LogP contribution in [0.2, 0.25) is 0 Å². The summed E-state index contributed by atoms with van der Waals surface area (Å²) in [6, 6.07) is 5.24. The zero-order valence-corrected chi connectivity index (χ0v) is 18.2. The van der Waals surface area contributed by atoms with E-state index in [1.54, 1.807) is 6.07 Å². The van der Waals surface area contributed by atoms with Crippen LogP contribution in [0.15, 0.2) is 36.4 Å². The van der Waals surface area contributed by atoms with Crippen LogP contribution in [-0.2, 0) is 12.5 Å². The SMILES string of the molecule is CCCCCc1ccc(-c2cc(F)c(C(F)(F)Oc3cc(F)c(F)c(F)c3C)c(F)c2)c(F)c1. The second-order valence-electron chi connectivity index (χ2n) is 7.81. The Morgan fingerprint density at radius 1 is 0.765 bits per heavy atom. The molecule has 3 aromatic carbocycles. The number of rotatable bonds is 8. The lowest BCUT2D eigenvalue weighted by molar-refractivity contribution is -0.190. The topological polar surface area (TPSA) is 9.23 Å². The van der Waals surface area contributed by atoms with Crippen molar-refractivity contribution in [1.82, 2.24) is 0 Å². The van der Waals surface area contributed by atoms with Gasteiger partial charge in [0.15, 0.2) is 17.5 Å². The summed E-state index contributed by atoms with van der Waals surface area (Å²) >= 11 is 0. The molecule has 0 fully saturated rings. The molecule has 0 aliphatic rings. The predicted molar refractivity (Wildman–Crippen MR) is 111 cm³/mol. The molecule has 3 rings (SSSR count). The quantitative estimate of drug-likeness (QED) is 0.176. The molecule has 0 heterocycles. The molecule has 0 spiro atoms. The lowest BCUT2D eigenvalue weighted by Crippen LogP contribution is -2.26. The Morgan fingerprint density at radius 3 is 2.00 bits per heavy atom. The van der Waals surface area contributed by atoms with Crippen molar-refractivity contribution in [2.24, 2.45) is 0 Å². The minimum absolute atomic E-state index is 0.142. The molecular weight excluding hydrogens is 468 g/mol. The fraction of sp³-hybridized carbons (Fsp3) is 0.280. The van der Waals surface area contributed by atoms with E-state index in [4.69, 9.17) is 0 Å². The lowest BCUT2D eigenvalue weighted by atomic mass is 9.99. The van der Waals surface area contributed by atoms with Crippen molar-refractivity contribution in [3.63, 3.8) is 0 Å². The predicted octanol–water partition coefficient (Wildman–Crippen LogP) is 8.36. The molecule has 0 radical (unpaired) electrons. The molecule has 0 atom stereocenters. The Bertz CT molecular complexity index is 1180. The van der Waals surface area contributed by atoms with E-state index in [0.717, 1.165) is 26.2 Å². The Morgan fingerprint density at radius 2 is 1.41 bits per heavy atom. The Labute approximate surface area is 191 Å². The Kier molecular flexibility index (Phi) is 7.53. The van der Waals surface area contributed by atoms with Gasteiger partial charge in [-0.05, 0) is 49.1 Å². The first-order chi connectivity index (χ1) is 16.0. The van der Waals surface area contributed by atoms with Gasteiger partial charge in [-0.25, -0.2) is 26.3 Å². The first-order valence-corrected chi connectivity index (χ1v) is 10.5. The van der Waals surface area contributed by atoms with Crippen LogP contribution in [0.25, 0.3) is 11.1 Å². The van der Waals surface area contributed by atoms with Gasteiger partial charge < -0.3 is 4.74 Å². The van der Waals surface area contributed by atoms with Gasteiger partial charge in [-0.15, -0.1) is 0 Å². The van der Waals surface area contributed by atoms with Crippen molar-refractivity contribution in [1.29, 1.82) is 0 Å². The number of ether oxygens (including phenoxy) is 1. The van der Waals surface area contributed by atoms with E-state index in [9.17, 15) is 35.1 Å². The van der Waals surface area contributed by atoms with Gasteiger partial charge in [0.25, 0.3) is 0 Å². The molecule has 0 aromatic heterocycles. The largest absolute Gasteiger partial charge is 0.432 e. The maximum absolute atomic E-state index is 14.6. The number of benzene rings is 3. The molecule has 0 saturated carbocycles. The van der Waals surface area contributed by atoms with Crippen LogP contribution < -0.4 is 4.74 Å². The van der Waals surface area contributed by atoms with E-state index >= 15 is 0 Å². The second kappa shape index (κ2) is 10.0. The summed E-state index contributed by atoms with van der Waals surface area (Å²) in [5.41, 5.74) is -2.52. The highest BCUT2D eigenvalue weighted by atomic mass is 19.3. The number of unbranched alkanes of at least 4 members (excludes halogenated alkanes) is 2. The van der Waals surface area contributed by atoms with Crippen molar-refractivity contribution >= 4 is 0 Å². The maximum Gasteiger partial charge on any atom is 0.432 e. The number of hydrogen-bond donors (Lipinski definition) is 0. The van der Waals surface area contributed by atoms with Gasteiger partial charge in [-0.2, -0.15) is 8.78 Å². The summed E-state index contributed by atoms with van der Waals surface area (Å²) in [7, 11) is 0. The molecule has 9 heteroatoms. The monoisotopic (exact) mass is 488 g/mol.